The number of anilines is 6. The monoisotopic (exact) mass is 914 g/mol. The first-order valence-electron chi connectivity index (χ1n) is 26.5. The SMILES string of the molecule is c1ccc(N(c2ccc(C3CCCCC3)cc2)c2ccc3cc4c(cc3c2)C2(c3ccccc3-c3ccccc32)c2cc(N(c3ccccc3)c3ccc(C5CCCCC5)cc3)c3ccccc3c2-4)cc1. The van der Waals surface area contributed by atoms with Crippen molar-refractivity contribution < 1.29 is 0 Å². The molecule has 2 saturated carbocycles. The number of hydrogen-bond acceptors (Lipinski definition) is 2. The van der Waals surface area contributed by atoms with Gasteiger partial charge in [0.25, 0.3) is 0 Å². The standard InChI is InChI=1S/C69H58N2/c1-5-19-47(20-6-1)49-33-38-55(39-34-49)70(53-23-9-3-10-24-53)57-42-37-51-44-62-65(45-52(51)43-57)69(63-31-17-15-27-58(63)59-28-16-18-32-64(59)69)66-46-67(60-29-13-14-30-61(60)68(62)66)71(54-25-11-4-12-26-54)56-40-35-50(36-41-56)48-21-7-2-8-22-48/h3-4,9-18,23-48H,1-2,5-8,19-22H2. The van der Waals surface area contributed by atoms with Crippen LogP contribution in [0.4, 0.5) is 34.1 Å². The van der Waals surface area contributed by atoms with Crippen LogP contribution >= 0.6 is 0 Å². The number of fused-ring (bicyclic) bond motifs is 13. The Morgan fingerprint density at radius 2 is 0.789 bits per heavy atom. The van der Waals surface area contributed by atoms with E-state index in [1.807, 2.05) is 0 Å². The average molecular weight is 915 g/mol. The average Bonchev–Trinajstić information content (AvgIpc) is 3.91. The predicted octanol–water partition coefficient (Wildman–Crippen LogP) is 19.4. The molecule has 0 atom stereocenters. The molecule has 1 spiro atoms. The van der Waals surface area contributed by atoms with Gasteiger partial charge in [-0.1, -0.05) is 178 Å². The van der Waals surface area contributed by atoms with Gasteiger partial charge < -0.3 is 9.80 Å². The Morgan fingerprint density at radius 1 is 0.310 bits per heavy atom. The van der Waals surface area contributed by atoms with Crippen LogP contribution in [0.5, 0.6) is 0 Å². The van der Waals surface area contributed by atoms with E-state index in [4.69, 9.17) is 0 Å². The van der Waals surface area contributed by atoms with Gasteiger partial charge in [-0.2, -0.15) is 0 Å². The van der Waals surface area contributed by atoms with Crippen LogP contribution in [0.15, 0.2) is 218 Å². The van der Waals surface area contributed by atoms with Crippen LogP contribution in [0.25, 0.3) is 43.8 Å². The number of benzene rings is 10. The molecule has 2 fully saturated rings. The number of nitrogens with zero attached hydrogens (tertiary/aromatic N) is 2. The van der Waals surface area contributed by atoms with Crippen molar-refractivity contribution in [3.63, 3.8) is 0 Å². The molecule has 344 valence electrons. The molecule has 10 aromatic carbocycles. The summed E-state index contributed by atoms with van der Waals surface area (Å²) >= 11 is 0. The maximum absolute atomic E-state index is 2.59. The highest BCUT2D eigenvalue weighted by molar-refractivity contribution is 6.13. The second-order valence-electron chi connectivity index (χ2n) is 20.8. The lowest BCUT2D eigenvalue weighted by atomic mass is 9.70. The van der Waals surface area contributed by atoms with Crippen molar-refractivity contribution in [3.8, 4) is 22.3 Å². The molecule has 0 aliphatic heterocycles. The molecular weight excluding hydrogens is 857 g/mol. The Bertz CT molecular complexity index is 3550. The fraction of sp³-hybridized carbons (Fsp3) is 0.188. The first kappa shape index (κ1) is 42.2. The number of para-hydroxylation sites is 2. The van der Waals surface area contributed by atoms with Crippen LogP contribution in [0.1, 0.15) is 109 Å². The van der Waals surface area contributed by atoms with E-state index in [-0.39, 0.29) is 0 Å². The molecule has 0 saturated heterocycles. The molecule has 0 amide bonds. The molecule has 4 aliphatic carbocycles. The Labute approximate surface area is 418 Å². The highest BCUT2D eigenvalue weighted by Gasteiger charge is 2.52. The topological polar surface area (TPSA) is 6.48 Å². The van der Waals surface area contributed by atoms with Crippen molar-refractivity contribution in [3.05, 3.63) is 252 Å². The van der Waals surface area contributed by atoms with E-state index in [1.54, 1.807) is 0 Å². The van der Waals surface area contributed by atoms with Crippen molar-refractivity contribution in [2.24, 2.45) is 0 Å². The summed E-state index contributed by atoms with van der Waals surface area (Å²) in [6, 6.07) is 83.6. The van der Waals surface area contributed by atoms with Gasteiger partial charge in [-0.05, 0) is 188 Å². The Kier molecular flexibility index (Phi) is 10.3. The zero-order chi connectivity index (χ0) is 46.9. The van der Waals surface area contributed by atoms with Crippen molar-refractivity contribution >= 4 is 55.7 Å². The van der Waals surface area contributed by atoms with E-state index < -0.39 is 5.41 Å². The van der Waals surface area contributed by atoms with Crippen LogP contribution in [0.3, 0.4) is 0 Å². The first-order valence-corrected chi connectivity index (χ1v) is 26.5. The molecule has 0 radical (unpaired) electrons. The lowest BCUT2D eigenvalue weighted by molar-refractivity contribution is 0.443. The summed E-state index contributed by atoms with van der Waals surface area (Å²) in [4.78, 5) is 4.97. The zero-order valence-corrected chi connectivity index (χ0v) is 40.4. The minimum atomic E-state index is -0.553. The van der Waals surface area contributed by atoms with E-state index in [1.165, 1.54) is 158 Å². The van der Waals surface area contributed by atoms with E-state index in [9.17, 15) is 0 Å². The third-order valence-electron chi connectivity index (χ3n) is 17.0. The summed E-state index contributed by atoms with van der Waals surface area (Å²) in [5, 5.41) is 5.01. The van der Waals surface area contributed by atoms with Crippen LogP contribution in [-0.2, 0) is 5.41 Å². The molecule has 2 heteroatoms. The highest BCUT2D eigenvalue weighted by atomic mass is 15.1. The van der Waals surface area contributed by atoms with Crippen molar-refractivity contribution in [2.45, 2.75) is 81.5 Å². The quantitative estimate of drug-likeness (QED) is 0.150. The Hall–Kier alpha value is -7.68. The van der Waals surface area contributed by atoms with Crippen LogP contribution in [0, 0.1) is 0 Å². The van der Waals surface area contributed by atoms with Gasteiger partial charge in [-0.15, -0.1) is 0 Å². The molecular formula is C69H58N2. The maximum atomic E-state index is 2.59. The van der Waals surface area contributed by atoms with E-state index in [2.05, 4.69) is 228 Å². The fourth-order valence-electron chi connectivity index (χ4n) is 13.7. The van der Waals surface area contributed by atoms with Gasteiger partial charge in [0.2, 0.25) is 0 Å². The van der Waals surface area contributed by atoms with Gasteiger partial charge >= 0.3 is 0 Å². The van der Waals surface area contributed by atoms with Crippen LogP contribution in [0.2, 0.25) is 0 Å². The summed E-state index contributed by atoms with van der Waals surface area (Å²) in [7, 11) is 0. The summed E-state index contributed by atoms with van der Waals surface area (Å²) < 4.78 is 0. The maximum Gasteiger partial charge on any atom is 0.0726 e. The van der Waals surface area contributed by atoms with Crippen LogP contribution in [-0.4, -0.2) is 0 Å². The highest BCUT2D eigenvalue weighted by Crippen LogP contribution is 2.65. The minimum Gasteiger partial charge on any atom is -0.310 e. The molecule has 0 bridgehead atoms. The summed E-state index contributed by atoms with van der Waals surface area (Å²) in [5.74, 6) is 1.32. The summed E-state index contributed by atoms with van der Waals surface area (Å²) in [5.41, 5.74) is 20.1. The summed E-state index contributed by atoms with van der Waals surface area (Å²) in [6.45, 7) is 0. The Morgan fingerprint density at radius 3 is 1.38 bits per heavy atom. The van der Waals surface area contributed by atoms with Crippen molar-refractivity contribution in [1.82, 2.24) is 0 Å². The van der Waals surface area contributed by atoms with E-state index >= 15 is 0 Å². The molecule has 10 aromatic rings. The van der Waals surface area contributed by atoms with Gasteiger partial charge in [-0.3, -0.25) is 0 Å². The first-order chi connectivity index (χ1) is 35.2. The van der Waals surface area contributed by atoms with E-state index in [0.29, 0.717) is 11.8 Å². The molecule has 0 unspecified atom stereocenters. The van der Waals surface area contributed by atoms with Gasteiger partial charge in [-0.25, -0.2) is 0 Å². The molecule has 0 heterocycles. The van der Waals surface area contributed by atoms with Gasteiger partial charge in [0.1, 0.15) is 0 Å². The molecule has 2 nitrogen and oxygen atoms in total. The molecule has 14 rings (SSSR count). The minimum absolute atomic E-state index is 0.553. The van der Waals surface area contributed by atoms with Gasteiger partial charge in [0.05, 0.1) is 11.1 Å². The number of rotatable bonds is 8. The second-order valence-corrected chi connectivity index (χ2v) is 20.8. The number of hydrogen-bond donors (Lipinski definition) is 0. The lowest BCUT2D eigenvalue weighted by Gasteiger charge is -2.33. The van der Waals surface area contributed by atoms with Gasteiger partial charge in [0.15, 0.2) is 0 Å². The third kappa shape index (κ3) is 6.82. The fourth-order valence-corrected chi connectivity index (χ4v) is 13.7. The molecule has 71 heavy (non-hydrogen) atoms. The molecule has 4 aliphatic rings. The molecule has 0 aromatic heterocycles. The second kappa shape index (κ2) is 17.3. The van der Waals surface area contributed by atoms with Gasteiger partial charge in [0, 0.05) is 33.8 Å². The van der Waals surface area contributed by atoms with Crippen molar-refractivity contribution in [2.75, 3.05) is 9.80 Å². The smallest absolute Gasteiger partial charge is 0.0726 e. The molecule has 0 N–H and O–H groups in total. The predicted molar refractivity (Wildman–Crippen MR) is 299 cm³/mol. The van der Waals surface area contributed by atoms with Crippen molar-refractivity contribution in [1.29, 1.82) is 0 Å². The largest absolute Gasteiger partial charge is 0.310 e. The van der Waals surface area contributed by atoms with E-state index in [0.717, 1.165) is 17.1 Å². The zero-order valence-electron chi connectivity index (χ0n) is 40.4. The normalized spacial score (nSPS) is 15.9. The summed E-state index contributed by atoms with van der Waals surface area (Å²) in [6.07, 6.45) is 13.2. The van der Waals surface area contributed by atoms with Crippen LogP contribution < -0.4 is 9.80 Å². The Balaban J connectivity index is 0.993. The third-order valence-corrected chi connectivity index (χ3v) is 17.0. The lowest BCUT2D eigenvalue weighted by Crippen LogP contribution is -2.26.